The first-order valence-corrected chi connectivity index (χ1v) is 10.1. The predicted octanol–water partition coefficient (Wildman–Crippen LogP) is 1.86. The molecule has 2 aliphatic heterocycles. The van der Waals surface area contributed by atoms with Crippen molar-refractivity contribution in [3.63, 3.8) is 0 Å². The summed E-state index contributed by atoms with van der Waals surface area (Å²) in [5.74, 6) is 0.425. The fourth-order valence-corrected chi connectivity index (χ4v) is 3.91. The molecule has 3 rings (SSSR count). The maximum absolute atomic E-state index is 12.7. The zero-order valence-electron chi connectivity index (χ0n) is 16.4. The molecule has 2 fully saturated rings. The van der Waals surface area contributed by atoms with Crippen LogP contribution in [0.3, 0.4) is 0 Å². The second-order valence-corrected chi connectivity index (χ2v) is 7.52. The Balaban J connectivity index is 0.00000280. The molecule has 2 N–H and O–H groups in total. The zero-order chi connectivity index (χ0) is 19.1. The molecule has 0 saturated carbocycles. The number of benzene rings is 1. The van der Waals surface area contributed by atoms with Gasteiger partial charge in [0.2, 0.25) is 11.8 Å². The molecule has 6 nitrogen and oxygen atoms in total. The minimum absolute atomic E-state index is 0. The molecule has 1 unspecified atom stereocenters. The van der Waals surface area contributed by atoms with Crippen LogP contribution >= 0.6 is 12.4 Å². The van der Waals surface area contributed by atoms with Crippen molar-refractivity contribution >= 4 is 24.2 Å². The fourth-order valence-electron chi connectivity index (χ4n) is 3.91. The van der Waals surface area contributed by atoms with E-state index in [-0.39, 0.29) is 30.1 Å². The second kappa shape index (κ2) is 11.4. The van der Waals surface area contributed by atoms with Gasteiger partial charge in [-0.15, -0.1) is 12.4 Å². The third-order valence-corrected chi connectivity index (χ3v) is 5.70. The van der Waals surface area contributed by atoms with E-state index in [1.165, 1.54) is 5.56 Å². The predicted molar refractivity (Wildman–Crippen MR) is 111 cm³/mol. The Morgan fingerprint density at radius 1 is 1.04 bits per heavy atom. The Morgan fingerprint density at radius 3 is 2.29 bits per heavy atom. The van der Waals surface area contributed by atoms with Gasteiger partial charge in [0.25, 0.3) is 0 Å². The van der Waals surface area contributed by atoms with Gasteiger partial charge in [-0.05, 0) is 37.2 Å². The van der Waals surface area contributed by atoms with Crippen LogP contribution in [0.15, 0.2) is 30.3 Å². The Hall–Kier alpha value is -1.63. The topological polar surface area (TPSA) is 75.9 Å². The van der Waals surface area contributed by atoms with E-state index in [0.717, 1.165) is 25.7 Å². The summed E-state index contributed by atoms with van der Waals surface area (Å²) in [6, 6.07) is 9.80. The third kappa shape index (κ3) is 6.19. The molecule has 2 saturated heterocycles. The molecule has 0 radical (unpaired) electrons. The lowest BCUT2D eigenvalue weighted by Crippen LogP contribution is -2.56. The number of amides is 2. The van der Waals surface area contributed by atoms with E-state index in [9.17, 15) is 9.59 Å². The van der Waals surface area contributed by atoms with Gasteiger partial charge < -0.3 is 20.3 Å². The molecule has 2 aliphatic rings. The first-order chi connectivity index (χ1) is 13.1. The smallest absolute Gasteiger partial charge is 0.239 e. The minimum atomic E-state index is -0.443. The molecule has 7 heteroatoms. The normalized spacial score (nSPS) is 19.0. The summed E-state index contributed by atoms with van der Waals surface area (Å²) in [4.78, 5) is 28.8. The lowest BCUT2D eigenvalue weighted by molar-refractivity contribution is -0.141. The highest BCUT2D eigenvalue weighted by Gasteiger charge is 2.32. The fraction of sp³-hybridized carbons (Fsp3) is 0.619. The molecule has 1 aromatic rings. The van der Waals surface area contributed by atoms with Crippen molar-refractivity contribution in [1.82, 2.24) is 9.80 Å². The largest absolute Gasteiger partial charge is 0.381 e. The molecule has 1 atom stereocenters. The number of aryl methyl sites for hydroxylation is 1. The van der Waals surface area contributed by atoms with Crippen LogP contribution in [-0.4, -0.2) is 67.0 Å². The van der Waals surface area contributed by atoms with Crippen molar-refractivity contribution < 1.29 is 14.3 Å². The van der Waals surface area contributed by atoms with E-state index < -0.39 is 6.04 Å². The number of rotatable bonds is 6. The van der Waals surface area contributed by atoms with Crippen LogP contribution in [0.25, 0.3) is 0 Å². The highest BCUT2D eigenvalue weighted by atomic mass is 35.5. The summed E-state index contributed by atoms with van der Waals surface area (Å²) in [7, 11) is 0. The number of nitrogens with zero attached hydrogens (tertiary/aromatic N) is 2. The van der Waals surface area contributed by atoms with Crippen LogP contribution in [-0.2, 0) is 20.7 Å². The van der Waals surface area contributed by atoms with E-state index in [4.69, 9.17) is 10.5 Å². The molecule has 0 aromatic heterocycles. The van der Waals surface area contributed by atoms with Crippen molar-refractivity contribution in [2.24, 2.45) is 11.7 Å². The summed E-state index contributed by atoms with van der Waals surface area (Å²) in [6.45, 7) is 3.76. The van der Waals surface area contributed by atoms with E-state index >= 15 is 0 Å². The number of hydrogen-bond acceptors (Lipinski definition) is 4. The van der Waals surface area contributed by atoms with Gasteiger partial charge in [-0.25, -0.2) is 0 Å². The van der Waals surface area contributed by atoms with Crippen LogP contribution in [0, 0.1) is 5.92 Å². The monoisotopic (exact) mass is 409 g/mol. The Kier molecular flexibility index (Phi) is 9.22. The number of piperazine rings is 1. The van der Waals surface area contributed by atoms with Gasteiger partial charge in [-0.2, -0.15) is 0 Å². The number of halogens is 1. The molecule has 0 bridgehead atoms. The molecule has 156 valence electrons. The van der Waals surface area contributed by atoms with E-state index in [0.29, 0.717) is 45.8 Å². The second-order valence-electron chi connectivity index (χ2n) is 7.52. The lowest BCUT2D eigenvalue weighted by Gasteiger charge is -2.37. The summed E-state index contributed by atoms with van der Waals surface area (Å²) in [6.07, 6.45) is 4.05. The Bertz CT molecular complexity index is 615. The van der Waals surface area contributed by atoms with Crippen molar-refractivity contribution in [3.8, 4) is 0 Å². The quantitative estimate of drug-likeness (QED) is 0.778. The molecule has 0 spiro atoms. The summed E-state index contributed by atoms with van der Waals surface area (Å²) < 4.78 is 5.35. The molecular formula is C21H32ClN3O3. The Morgan fingerprint density at radius 2 is 1.64 bits per heavy atom. The van der Waals surface area contributed by atoms with E-state index in [1.54, 1.807) is 0 Å². The number of carbonyl (C=O) groups is 2. The van der Waals surface area contributed by atoms with Crippen molar-refractivity contribution in [3.05, 3.63) is 35.9 Å². The zero-order valence-corrected chi connectivity index (χ0v) is 17.2. The van der Waals surface area contributed by atoms with Crippen LogP contribution in [0.2, 0.25) is 0 Å². The highest BCUT2D eigenvalue weighted by molar-refractivity contribution is 5.85. The molecule has 2 heterocycles. The average molecular weight is 410 g/mol. The van der Waals surface area contributed by atoms with Gasteiger partial charge in [-0.3, -0.25) is 9.59 Å². The number of carbonyl (C=O) groups excluding carboxylic acids is 2. The summed E-state index contributed by atoms with van der Waals surface area (Å²) in [5, 5.41) is 0. The highest BCUT2D eigenvalue weighted by Crippen LogP contribution is 2.19. The molecule has 2 amide bonds. The third-order valence-electron chi connectivity index (χ3n) is 5.70. The van der Waals surface area contributed by atoms with Gasteiger partial charge in [0.05, 0.1) is 6.04 Å². The maximum Gasteiger partial charge on any atom is 0.239 e. The number of nitrogens with two attached hydrogens (primary N) is 1. The molecule has 1 aromatic carbocycles. The van der Waals surface area contributed by atoms with Crippen molar-refractivity contribution in [1.29, 1.82) is 0 Å². The first-order valence-electron chi connectivity index (χ1n) is 10.1. The lowest BCUT2D eigenvalue weighted by atomic mass is 9.91. The van der Waals surface area contributed by atoms with Crippen LogP contribution in [0.1, 0.15) is 31.2 Å². The van der Waals surface area contributed by atoms with Gasteiger partial charge in [0.15, 0.2) is 0 Å². The SMILES string of the molecule is Cl.NC(C(=O)N1CCN(C(=O)CCCc2ccccc2)CC1)C1CCOCC1. The van der Waals surface area contributed by atoms with Crippen LogP contribution < -0.4 is 5.73 Å². The van der Waals surface area contributed by atoms with Gasteiger partial charge in [0.1, 0.15) is 0 Å². The van der Waals surface area contributed by atoms with Crippen molar-refractivity contribution in [2.45, 2.75) is 38.1 Å². The van der Waals surface area contributed by atoms with Gasteiger partial charge in [-0.1, -0.05) is 30.3 Å². The molecule has 28 heavy (non-hydrogen) atoms. The van der Waals surface area contributed by atoms with Gasteiger partial charge in [0, 0.05) is 45.8 Å². The number of hydrogen-bond donors (Lipinski definition) is 1. The maximum atomic E-state index is 12.7. The first kappa shape index (κ1) is 22.7. The minimum Gasteiger partial charge on any atom is -0.381 e. The van der Waals surface area contributed by atoms with Crippen molar-refractivity contribution in [2.75, 3.05) is 39.4 Å². The van der Waals surface area contributed by atoms with E-state index in [2.05, 4.69) is 12.1 Å². The Labute approximate surface area is 173 Å². The van der Waals surface area contributed by atoms with E-state index in [1.807, 2.05) is 28.0 Å². The standard InChI is InChI=1S/C21H31N3O3.ClH/c22-20(18-9-15-27-16-10-18)21(26)24-13-11-23(12-14-24)19(25)8-4-7-17-5-2-1-3-6-17;/h1-3,5-6,18,20H,4,7-16,22H2;1H. The van der Waals surface area contributed by atoms with Gasteiger partial charge >= 0.3 is 0 Å². The summed E-state index contributed by atoms with van der Waals surface area (Å²) in [5.41, 5.74) is 7.48. The molecule has 0 aliphatic carbocycles. The van der Waals surface area contributed by atoms with Crippen LogP contribution in [0.4, 0.5) is 0 Å². The summed E-state index contributed by atoms with van der Waals surface area (Å²) >= 11 is 0. The molecular weight excluding hydrogens is 378 g/mol. The van der Waals surface area contributed by atoms with Crippen LogP contribution in [0.5, 0.6) is 0 Å². The number of ether oxygens (including phenoxy) is 1. The average Bonchev–Trinajstić information content (AvgIpc) is 2.74.